The van der Waals surface area contributed by atoms with Crippen molar-refractivity contribution in [3.8, 4) is 5.75 Å². The van der Waals surface area contributed by atoms with Crippen LogP contribution in [0.3, 0.4) is 0 Å². The number of halogens is 1. The first kappa shape index (κ1) is 19.3. The van der Waals surface area contributed by atoms with E-state index in [1.54, 1.807) is 19.4 Å². The van der Waals surface area contributed by atoms with E-state index in [4.69, 9.17) is 4.74 Å². The number of aliphatic imine (C=N–C) groups is 1. The van der Waals surface area contributed by atoms with Gasteiger partial charge in [0, 0.05) is 24.5 Å². The minimum Gasteiger partial charge on any atom is -0.490 e. The maximum atomic E-state index is 5.59. The van der Waals surface area contributed by atoms with E-state index in [1.165, 1.54) is 19.3 Å². The summed E-state index contributed by atoms with van der Waals surface area (Å²) >= 11 is 1.96. The van der Waals surface area contributed by atoms with Gasteiger partial charge in [0.05, 0.1) is 12.7 Å². The summed E-state index contributed by atoms with van der Waals surface area (Å²) in [7, 11) is 1.80. The van der Waals surface area contributed by atoms with Gasteiger partial charge >= 0.3 is 0 Å². The highest BCUT2D eigenvalue weighted by atomic mass is 127. The van der Waals surface area contributed by atoms with Crippen LogP contribution in [0.5, 0.6) is 5.75 Å². The molecule has 0 bridgehead atoms. The number of rotatable bonds is 6. The van der Waals surface area contributed by atoms with Crippen LogP contribution in [0.2, 0.25) is 0 Å². The third-order valence-corrected chi connectivity index (χ3v) is 4.67. The Morgan fingerprint density at radius 2 is 2.36 bits per heavy atom. The maximum absolute atomic E-state index is 5.59. The maximum Gasteiger partial charge on any atom is 0.191 e. The van der Waals surface area contributed by atoms with Crippen molar-refractivity contribution in [3.05, 3.63) is 24.5 Å². The molecule has 1 fully saturated rings. The Bertz CT molecular complexity index is 446. The second-order valence-corrected chi connectivity index (χ2v) is 6.19. The van der Waals surface area contributed by atoms with Gasteiger partial charge in [-0.25, -0.2) is 0 Å². The number of nitrogens with zero attached hydrogens (tertiary/aromatic N) is 2. The number of hydrogen-bond acceptors (Lipinski definition) is 4. The summed E-state index contributed by atoms with van der Waals surface area (Å²) in [4.78, 5) is 8.28. The number of pyridine rings is 1. The fourth-order valence-corrected chi connectivity index (χ4v) is 3.24. The predicted octanol–water partition coefficient (Wildman–Crippen LogP) is 2.53. The van der Waals surface area contributed by atoms with Crippen LogP contribution in [0.4, 0.5) is 0 Å². The van der Waals surface area contributed by atoms with Crippen molar-refractivity contribution >= 4 is 41.7 Å². The topological polar surface area (TPSA) is 58.5 Å². The van der Waals surface area contributed by atoms with E-state index >= 15 is 0 Å². The number of aromatic nitrogens is 1. The van der Waals surface area contributed by atoms with Gasteiger partial charge in [0.2, 0.25) is 0 Å². The van der Waals surface area contributed by atoms with E-state index in [9.17, 15) is 0 Å². The lowest BCUT2D eigenvalue weighted by atomic mass is 10.2. The second-order valence-electron chi connectivity index (χ2n) is 5.05. The lowest BCUT2D eigenvalue weighted by Gasteiger charge is -2.17. The third-order valence-electron chi connectivity index (χ3n) is 3.58. The minimum absolute atomic E-state index is 0. The normalized spacial score (nSPS) is 21.1. The molecule has 22 heavy (non-hydrogen) atoms. The fraction of sp³-hybridized carbons (Fsp3) is 0.600. The van der Waals surface area contributed by atoms with Crippen LogP contribution >= 0.6 is 35.7 Å². The quantitative estimate of drug-likeness (QED) is 0.311. The van der Waals surface area contributed by atoms with E-state index in [0.29, 0.717) is 19.2 Å². The second kappa shape index (κ2) is 10.9. The first-order valence-electron chi connectivity index (χ1n) is 7.34. The molecule has 1 aliphatic rings. The zero-order chi connectivity index (χ0) is 14.9. The monoisotopic (exact) mass is 436 g/mol. The molecule has 1 aromatic heterocycles. The standard InChI is InChI=1S/C15H24N4OS.HI/c1-16-15(19-12-5-6-14(10-12)21-2)18-8-9-20-13-4-3-7-17-11-13;/h3-4,7,11-12,14H,5-6,8-10H2,1-2H3,(H2,16,18,19);1H. The van der Waals surface area contributed by atoms with E-state index in [2.05, 4.69) is 26.9 Å². The van der Waals surface area contributed by atoms with Gasteiger partial charge in [0.1, 0.15) is 12.4 Å². The van der Waals surface area contributed by atoms with E-state index in [1.807, 2.05) is 23.9 Å². The predicted molar refractivity (Wildman–Crippen MR) is 105 cm³/mol. The van der Waals surface area contributed by atoms with Gasteiger partial charge in [-0.2, -0.15) is 11.8 Å². The third kappa shape index (κ3) is 6.60. The largest absolute Gasteiger partial charge is 0.490 e. The van der Waals surface area contributed by atoms with Crippen LogP contribution in [0.25, 0.3) is 0 Å². The zero-order valence-corrected chi connectivity index (χ0v) is 16.3. The highest BCUT2D eigenvalue weighted by molar-refractivity contribution is 14.0. The molecule has 5 nitrogen and oxygen atoms in total. The average molecular weight is 436 g/mol. The Labute approximate surface area is 154 Å². The van der Waals surface area contributed by atoms with Crippen LogP contribution in [0, 0.1) is 0 Å². The summed E-state index contributed by atoms with van der Waals surface area (Å²) in [6, 6.07) is 4.31. The van der Waals surface area contributed by atoms with Crippen molar-refractivity contribution in [3.63, 3.8) is 0 Å². The molecule has 124 valence electrons. The van der Waals surface area contributed by atoms with Crippen molar-refractivity contribution < 1.29 is 4.74 Å². The van der Waals surface area contributed by atoms with Crippen LogP contribution in [-0.4, -0.2) is 48.7 Å². The van der Waals surface area contributed by atoms with Crippen molar-refractivity contribution in [2.75, 3.05) is 26.5 Å². The molecule has 0 radical (unpaired) electrons. The first-order valence-corrected chi connectivity index (χ1v) is 8.63. The molecule has 0 aromatic carbocycles. The molecule has 2 unspecified atom stereocenters. The van der Waals surface area contributed by atoms with Crippen molar-refractivity contribution in [1.29, 1.82) is 0 Å². The van der Waals surface area contributed by atoms with Crippen molar-refractivity contribution in [2.24, 2.45) is 4.99 Å². The Kier molecular flexibility index (Phi) is 9.61. The zero-order valence-electron chi connectivity index (χ0n) is 13.1. The summed E-state index contributed by atoms with van der Waals surface area (Å²) in [5.41, 5.74) is 0. The van der Waals surface area contributed by atoms with Crippen LogP contribution < -0.4 is 15.4 Å². The van der Waals surface area contributed by atoms with Crippen LogP contribution in [0.15, 0.2) is 29.5 Å². The van der Waals surface area contributed by atoms with Crippen LogP contribution in [-0.2, 0) is 0 Å². The molecule has 0 aliphatic heterocycles. The van der Waals surface area contributed by atoms with Gasteiger partial charge in [-0.3, -0.25) is 9.98 Å². The summed E-state index contributed by atoms with van der Waals surface area (Å²) in [6.45, 7) is 1.30. The lowest BCUT2D eigenvalue weighted by molar-refractivity contribution is 0.320. The molecule has 2 rings (SSSR count). The van der Waals surface area contributed by atoms with Gasteiger partial charge in [-0.1, -0.05) is 0 Å². The molecule has 2 atom stereocenters. The smallest absolute Gasteiger partial charge is 0.191 e. The van der Waals surface area contributed by atoms with Gasteiger partial charge < -0.3 is 15.4 Å². The van der Waals surface area contributed by atoms with Gasteiger partial charge in [-0.15, -0.1) is 24.0 Å². The summed E-state index contributed by atoms with van der Waals surface area (Å²) in [5, 5.41) is 7.56. The van der Waals surface area contributed by atoms with Crippen LogP contribution in [0.1, 0.15) is 19.3 Å². The minimum atomic E-state index is 0. The molecule has 2 N–H and O–H groups in total. The van der Waals surface area contributed by atoms with E-state index in [-0.39, 0.29) is 24.0 Å². The molecule has 0 spiro atoms. The van der Waals surface area contributed by atoms with Gasteiger partial charge in [0.25, 0.3) is 0 Å². The first-order chi connectivity index (χ1) is 10.3. The molecule has 1 aromatic rings. The highest BCUT2D eigenvalue weighted by Gasteiger charge is 2.24. The van der Waals surface area contributed by atoms with E-state index in [0.717, 1.165) is 17.0 Å². The van der Waals surface area contributed by atoms with Gasteiger partial charge in [-0.05, 0) is 37.7 Å². The van der Waals surface area contributed by atoms with Gasteiger partial charge in [0.15, 0.2) is 5.96 Å². The molecule has 1 saturated carbocycles. The molecular formula is C15H25IN4OS. The summed E-state index contributed by atoms with van der Waals surface area (Å²) in [5.74, 6) is 1.65. The molecule has 1 aliphatic carbocycles. The summed E-state index contributed by atoms with van der Waals surface area (Å²) < 4.78 is 5.59. The number of thioether (sulfide) groups is 1. The Hall–Kier alpha value is -0.700. The van der Waals surface area contributed by atoms with Crippen molar-refractivity contribution in [1.82, 2.24) is 15.6 Å². The Balaban J connectivity index is 0.00000242. The molecule has 7 heteroatoms. The SMILES string of the molecule is CN=C(NCCOc1cccnc1)NC1CCC(SC)C1.I. The number of guanidine groups is 1. The van der Waals surface area contributed by atoms with E-state index < -0.39 is 0 Å². The number of hydrogen-bond donors (Lipinski definition) is 2. The Morgan fingerprint density at radius 3 is 3.00 bits per heavy atom. The Morgan fingerprint density at radius 1 is 1.50 bits per heavy atom. The molecular weight excluding hydrogens is 411 g/mol. The lowest BCUT2D eigenvalue weighted by Crippen LogP contribution is -2.43. The fourth-order valence-electron chi connectivity index (χ4n) is 2.44. The molecule has 0 saturated heterocycles. The highest BCUT2D eigenvalue weighted by Crippen LogP contribution is 2.27. The van der Waals surface area contributed by atoms with Crippen molar-refractivity contribution in [2.45, 2.75) is 30.6 Å². The number of nitrogens with one attached hydrogen (secondary N) is 2. The number of ether oxygens (including phenoxy) is 1. The molecule has 1 heterocycles. The average Bonchev–Trinajstić information content (AvgIpc) is 2.99. The molecule has 0 amide bonds. The summed E-state index contributed by atoms with van der Waals surface area (Å²) in [6.07, 6.45) is 9.37.